The highest BCUT2D eigenvalue weighted by atomic mass is 35.5. The Balaban J connectivity index is 0.00000200. The largest absolute Gasteiger partial charge is 0.417 e. The van der Waals surface area contributed by atoms with Crippen molar-refractivity contribution in [3.63, 3.8) is 0 Å². The molecular weight excluding hydrogens is 312 g/mol. The van der Waals surface area contributed by atoms with Gasteiger partial charge in [0.05, 0.1) is 10.6 Å². The lowest BCUT2D eigenvalue weighted by molar-refractivity contribution is -0.137. The molecule has 20 heavy (non-hydrogen) atoms. The fourth-order valence-electron chi connectivity index (χ4n) is 2.38. The third kappa shape index (κ3) is 4.52. The predicted molar refractivity (Wildman–Crippen MR) is 76.2 cm³/mol. The van der Waals surface area contributed by atoms with E-state index in [1.165, 1.54) is 6.07 Å². The number of likely N-dealkylation sites (tertiary alicyclic amines) is 1. The lowest BCUT2D eigenvalue weighted by atomic mass is 10.0. The summed E-state index contributed by atoms with van der Waals surface area (Å²) >= 11 is 5.59. The first kappa shape index (κ1) is 17.6. The van der Waals surface area contributed by atoms with Gasteiger partial charge in [-0.2, -0.15) is 13.2 Å². The van der Waals surface area contributed by atoms with Crippen molar-refractivity contribution in [2.75, 3.05) is 13.1 Å². The Hall–Kier alpha value is -0.490. The number of hydrogen-bond donors (Lipinski definition) is 1. The Morgan fingerprint density at radius 3 is 2.65 bits per heavy atom. The number of rotatable bonds is 2. The molecule has 1 aliphatic heterocycles. The summed E-state index contributed by atoms with van der Waals surface area (Å²) in [4.78, 5) is 2.08. The fourth-order valence-corrected chi connectivity index (χ4v) is 2.61. The summed E-state index contributed by atoms with van der Waals surface area (Å²) in [5.74, 6) is 0. The highest BCUT2D eigenvalue weighted by Crippen LogP contribution is 2.35. The van der Waals surface area contributed by atoms with Crippen LogP contribution in [0.25, 0.3) is 0 Å². The van der Waals surface area contributed by atoms with Gasteiger partial charge in [-0.15, -0.1) is 12.4 Å². The Morgan fingerprint density at radius 2 is 2.05 bits per heavy atom. The summed E-state index contributed by atoms with van der Waals surface area (Å²) in [6.07, 6.45) is -2.45. The van der Waals surface area contributed by atoms with E-state index in [1.54, 1.807) is 6.07 Å². The molecule has 1 aromatic carbocycles. The topological polar surface area (TPSA) is 29.3 Å². The van der Waals surface area contributed by atoms with Crippen molar-refractivity contribution in [1.82, 2.24) is 4.90 Å². The third-order valence-corrected chi connectivity index (χ3v) is 3.61. The maximum Gasteiger partial charge on any atom is 0.417 e. The van der Waals surface area contributed by atoms with Crippen LogP contribution in [0.1, 0.15) is 24.0 Å². The third-order valence-electron chi connectivity index (χ3n) is 3.28. The number of hydrogen-bond acceptors (Lipinski definition) is 2. The van der Waals surface area contributed by atoms with E-state index in [4.69, 9.17) is 17.3 Å². The molecule has 1 aliphatic rings. The summed E-state index contributed by atoms with van der Waals surface area (Å²) in [7, 11) is 0. The van der Waals surface area contributed by atoms with Crippen LogP contribution in [0.4, 0.5) is 13.2 Å². The van der Waals surface area contributed by atoms with E-state index in [0.29, 0.717) is 12.1 Å². The average molecular weight is 329 g/mol. The van der Waals surface area contributed by atoms with Crippen LogP contribution in [-0.2, 0) is 12.7 Å². The highest BCUT2D eigenvalue weighted by Gasteiger charge is 2.33. The summed E-state index contributed by atoms with van der Waals surface area (Å²) in [5, 5.41) is -0.258. The molecule has 2 nitrogen and oxygen atoms in total. The van der Waals surface area contributed by atoms with Crippen LogP contribution < -0.4 is 5.73 Å². The number of piperidine rings is 1. The molecule has 1 saturated heterocycles. The molecule has 2 N–H and O–H groups in total. The first-order valence-corrected chi connectivity index (χ1v) is 6.57. The van der Waals surface area contributed by atoms with Crippen molar-refractivity contribution in [2.45, 2.75) is 31.6 Å². The van der Waals surface area contributed by atoms with E-state index < -0.39 is 11.7 Å². The number of benzene rings is 1. The Morgan fingerprint density at radius 1 is 1.35 bits per heavy atom. The quantitative estimate of drug-likeness (QED) is 0.896. The molecule has 0 saturated carbocycles. The number of nitrogens with two attached hydrogens (primary N) is 1. The van der Waals surface area contributed by atoms with E-state index in [2.05, 4.69) is 4.90 Å². The van der Waals surface area contributed by atoms with Crippen molar-refractivity contribution >= 4 is 24.0 Å². The van der Waals surface area contributed by atoms with Gasteiger partial charge in [0, 0.05) is 19.1 Å². The maximum atomic E-state index is 12.8. The molecule has 1 heterocycles. The minimum Gasteiger partial charge on any atom is -0.327 e. The van der Waals surface area contributed by atoms with Crippen LogP contribution >= 0.6 is 24.0 Å². The van der Waals surface area contributed by atoms with Gasteiger partial charge in [-0.3, -0.25) is 4.90 Å². The molecule has 0 aliphatic carbocycles. The van der Waals surface area contributed by atoms with Crippen LogP contribution in [0.5, 0.6) is 0 Å². The van der Waals surface area contributed by atoms with E-state index >= 15 is 0 Å². The lowest BCUT2D eigenvalue weighted by Crippen LogP contribution is -2.42. The molecule has 1 atom stereocenters. The average Bonchev–Trinajstić information content (AvgIpc) is 2.30. The van der Waals surface area contributed by atoms with Crippen molar-refractivity contribution < 1.29 is 13.2 Å². The van der Waals surface area contributed by atoms with E-state index in [0.717, 1.165) is 32.0 Å². The van der Waals surface area contributed by atoms with Crippen LogP contribution in [-0.4, -0.2) is 24.0 Å². The van der Waals surface area contributed by atoms with E-state index in [-0.39, 0.29) is 23.5 Å². The second kappa shape index (κ2) is 6.98. The van der Waals surface area contributed by atoms with Crippen LogP contribution in [0.2, 0.25) is 5.02 Å². The molecule has 7 heteroatoms. The van der Waals surface area contributed by atoms with Crippen LogP contribution in [0, 0.1) is 0 Å². The molecule has 2 rings (SSSR count). The standard InChI is InChI=1S/C13H16ClF3N2.ClH/c14-12-4-3-9(6-11(12)13(15,16)17)7-19-5-1-2-10(18)8-19;/h3-4,6,10H,1-2,5,7-8,18H2;1H. The van der Waals surface area contributed by atoms with Crippen molar-refractivity contribution in [3.8, 4) is 0 Å². The van der Waals surface area contributed by atoms with Crippen molar-refractivity contribution in [2.24, 2.45) is 5.73 Å². The second-order valence-corrected chi connectivity index (χ2v) is 5.36. The molecule has 0 radical (unpaired) electrons. The zero-order valence-corrected chi connectivity index (χ0v) is 12.4. The lowest BCUT2D eigenvalue weighted by Gasteiger charge is -2.30. The van der Waals surface area contributed by atoms with Gasteiger partial charge in [-0.05, 0) is 37.1 Å². The number of halogens is 5. The summed E-state index contributed by atoms with van der Waals surface area (Å²) < 4.78 is 38.3. The number of nitrogens with zero attached hydrogens (tertiary/aromatic N) is 1. The van der Waals surface area contributed by atoms with Crippen LogP contribution in [0.3, 0.4) is 0 Å². The maximum absolute atomic E-state index is 12.8. The Bertz CT molecular complexity index is 452. The molecule has 0 spiro atoms. The molecule has 114 valence electrons. The second-order valence-electron chi connectivity index (χ2n) is 4.95. The fraction of sp³-hybridized carbons (Fsp3) is 0.538. The van der Waals surface area contributed by atoms with E-state index in [1.807, 2.05) is 0 Å². The number of alkyl halides is 3. The van der Waals surface area contributed by atoms with Gasteiger partial charge in [-0.25, -0.2) is 0 Å². The van der Waals surface area contributed by atoms with Crippen LogP contribution in [0.15, 0.2) is 18.2 Å². The van der Waals surface area contributed by atoms with Gasteiger partial charge in [0.25, 0.3) is 0 Å². The smallest absolute Gasteiger partial charge is 0.327 e. The molecule has 0 aromatic heterocycles. The summed E-state index contributed by atoms with van der Waals surface area (Å²) in [6.45, 7) is 2.08. The summed E-state index contributed by atoms with van der Waals surface area (Å²) in [6, 6.07) is 4.19. The minimum atomic E-state index is -4.41. The van der Waals surface area contributed by atoms with Crippen molar-refractivity contribution in [3.05, 3.63) is 34.3 Å². The SMILES string of the molecule is Cl.NC1CCCN(Cc2ccc(Cl)c(C(F)(F)F)c2)C1. The monoisotopic (exact) mass is 328 g/mol. The van der Waals surface area contributed by atoms with Gasteiger partial charge in [0.1, 0.15) is 0 Å². The first-order valence-electron chi connectivity index (χ1n) is 6.20. The minimum absolute atomic E-state index is 0. The molecular formula is C13H17Cl2F3N2. The molecule has 1 aromatic rings. The first-order chi connectivity index (χ1) is 8.86. The zero-order chi connectivity index (χ0) is 14.0. The predicted octanol–water partition coefficient (Wildman–Crippen LogP) is 3.70. The molecule has 1 unspecified atom stereocenters. The molecule has 1 fully saturated rings. The Kier molecular flexibility index (Phi) is 6.13. The van der Waals surface area contributed by atoms with Gasteiger partial charge >= 0.3 is 6.18 Å². The van der Waals surface area contributed by atoms with Gasteiger partial charge in [0.15, 0.2) is 0 Å². The van der Waals surface area contributed by atoms with E-state index in [9.17, 15) is 13.2 Å². The molecule has 0 bridgehead atoms. The van der Waals surface area contributed by atoms with Gasteiger partial charge in [-0.1, -0.05) is 17.7 Å². The Labute approximate surface area is 127 Å². The highest BCUT2D eigenvalue weighted by molar-refractivity contribution is 6.31. The normalized spacial score (nSPS) is 20.6. The van der Waals surface area contributed by atoms with Crippen molar-refractivity contribution in [1.29, 1.82) is 0 Å². The summed E-state index contributed by atoms with van der Waals surface area (Å²) in [5.41, 5.74) is 5.71. The van der Waals surface area contributed by atoms with Gasteiger partial charge in [0.2, 0.25) is 0 Å². The molecule has 0 amide bonds. The zero-order valence-electron chi connectivity index (χ0n) is 10.8. The van der Waals surface area contributed by atoms with Gasteiger partial charge < -0.3 is 5.73 Å².